The van der Waals surface area contributed by atoms with E-state index in [-0.39, 0.29) is 23.9 Å². The molecule has 2 amide bonds. The fourth-order valence-electron chi connectivity index (χ4n) is 3.92. The maximum atomic E-state index is 12.9. The molecule has 23 heavy (non-hydrogen) atoms. The maximum absolute atomic E-state index is 12.9. The number of ketones is 1. The Balaban J connectivity index is 1.70. The lowest BCUT2D eigenvalue weighted by molar-refractivity contribution is -0.128. The van der Waals surface area contributed by atoms with E-state index in [1.807, 2.05) is 30.3 Å². The lowest BCUT2D eigenvalue weighted by Gasteiger charge is -2.20. The van der Waals surface area contributed by atoms with Crippen LogP contribution in [-0.2, 0) is 14.3 Å². The first kappa shape index (κ1) is 14.2. The number of imide groups is 1. The van der Waals surface area contributed by atoms with Gasteiger partial charge in [-0.15, -0.1) is 0 Å². The van der Waals surface area contributed by atoms with Crippen molar-refractivity contribution in [1.29, 1.82) is 0 Å². The maximum Gasteiger partial charge on any atom is 0.417 e. The molecule has 0 aromatic heterocycles. The van der Waals surface area contributed by atoms with Gasteiger partial charge in [0, 0.05) is 6.42 Å². The van der Waals surface area contributed by atoms with Crippen LogP contribution >= 0.6 is 0 Å². The van der Waals surface area contributed by atoms with Crippen LogP contribution in [0.25, 0.3) is 0 Å². The number of allylic oxidation sites excluding steroid dienone is 1. The Labute approximate surface area is 133 Å². The van der Waals surface area contributed by atoms with E-state index in [0.29, 0.717) is 6.42 Å². The van der Waals surface area contributed by atoms with Crippen molar-refractivity contribution in [3.05, 3.63) is 47.0 Å². The number of Topliss-reactive ketones (excluding diaryl/α,β-unsaturated/α-hetero) is 1. The quantitative estimate of drug-likeness (QED) is 0.788. The van der Waals surface area contributed by atoms with Crippen LogP contribution in [0.2, 0.25) is 0 Å². The minimum absolute atomic E-state index is 0.124. The molecule has 1 aliphatic heterocycles. The number of benzene rings is 1. The standard InChI is InChI=1S/C18H17NO4/c20-15-9-12-7-4-8-13(12)16(15)17(21)19-14(10-23-18(19)22)11-5-2-1-3-6-11/h1-3,5-6,12,14H,4,7-10H2/t12?,14-/m0/s1. The molecule has 1 aromatic rings. The summed E-state index contributed by atoms with van der Waals surface area (Å²) in [6.07, 6.45) is 2.51. The lowest BCUT2D eigenvalue weighted by Crippen LogP contribution is -2.36. The number of hydrogen-bond acceptors (Lipinski definition) is 4. The number of amides is 2. The second-order valence-electron chi connectivity index (χ2n) is 6.30. The van der Waals surface area contributed by atoms with Crippen molar-refractivity contribution in [1.82, 2.24) is 4.90 Å². The monoisotopic (exact) mass is 311 g/mol. The molecule has 1 unspecified atom stereocenters. The summed E-state index contributed by atoms with van der Waals surface area (Å²) in [5.74, 6) is -0.401. The second kappa shape index (κ2) is 5.33. The van der Waals surface area contributed by atoms with Crippen LogP contribution in [-0.4, -0.2) is 29.3 Å². The molecular weight excluding hydrogens is 294 g/mol. The average Bonchev–Trinajstić information content (AvgIpc) is 3.21. The first-order valence-corrected chi connectivity index (χ1v) is 7.98. The Morgan fingerprint density at radius 2 is 1.96 bits per heavy atom. The van der Waals surface area contributed by atoms with E-state index in [0.717, 1.165) is 35.3 Å². The third kappa shape index (κ3) is 2.19. The fraction of sp³-hybridized carbons (Fsp3) is 0.389. The van der Waals surface area contributed by atoms with Crippen molar-refractivity contribution in [3.8, 4) is 0 Å². The Bertz CT molecular complexity index is 722. The molecule has 0 spiro atoms. The molecule has 5 nitrogen and oxygen atoms in total. The SMILES string of the molecule is O=C1CC2CCCC2=C1C(=O)N1C(=O)OC[C@H]1c1ccccc1. The molecule has 5 heteroatoms. The summed E-state index contributed by atoms with van der Waals surface area (Å²) in [7, 11) is 0. The van der Waals surface area contributed by atoms with Gasteiger partial charge in [0.1, 0.15) is 12.6 Å². The van der Waals surface area contributed by atoms with Crippen LogP contribution in [0, 0.1) is 5.92 Å². The van der Waals surface area contributed by atoms with Crippen molar-refractivity contribution >= 4 is 17.8 Å². The van der Waals surface area contributed by atoms with Gasteiger partial charge in [0.15, 0.2) is 5.78 Å². The molecular formula is C18H17NO4. The van der Waals surface area contributed by atoms with Gasteiger partial charge in [0.2, 0.25) is 0 Å². The molecule has 1 heterocycles. The number of nitrogens with zero attached hydrogens (tertiary/aromatic N) is 1. The minimum atomic E-state index is -0.661. The number of carbonyl (C=O) groups excluding carboxylic acids is 3. The van der Waals surface area contributed by atoms with Crippen LogP contribution in [0.3, 0.4) is 0 Å². The van der Waals surface area contributed by atoms with Crippen molar-refractivity contribution in [2.24, 2.45) is 5.92 Å². The molecule has 0 radical (unpaired) electrons. The van der Waals surface area contributed by atoms with Crippen LogP contribution < -0.4 is 0 Å². The summed E-state index contributed by atoms with van der Waals surface area (Å²) in [6, 6.07) is 8.85. The van der Waals surface area contributed by atoms with Gasteiger partial charge in [-0.2, -0.15) is 0 Å². The van der Waals surface area contributed by atoms with Gasteiger partial charge < -0.3 is 4.74 Å². The van der Waals surface area contributed by atoms with Crippen LogP contribution in [0.5, 0.6) is 0 Å². The van der Waals surface area contributed by atoms with E-state index in [1.54, 1.807) is 0 Å². The molecule has 0 N–H and O–H groups in total. The van der Waals surface area contributed by atoms with Crippen LogP contribution in [0.15, 0.2) is 41.5 Å². The Morgan fingerprint density at radius 1 is 1.17 bits per heavy atom. The van der Waals surface area contributed by atoms with Gasteiger partial charge in [-0.3, -0.25) is 9.59 Å². The van der Waals surface area contributed by atoms with E-state index in [2.05, 4.69) is 0 Å². The molecule has 0 bridgehead atoms. The summed E-state index contributed by atoms with van der Waals surface area (Å²) < 4.78 is 5.09. The molecule has 1 aromatic carbocycles. The van der Waals surface area contributed by atoms with Crippen molar-refractivity contribution in [2.45, 2.75) is 31.7 Å². The van der Waals surface area contributed by atoms with Crippen molar-refractivity contribution < 1.29 is 19.1 Å². The first-order chi connectivity index (χ1) is 11.2. The van der Waals surface area contributed by atoms with E-state index in [1.165, 1.54) is 0 Å². The van der Waals surface area contributed by atoms with E-state index >= 15 is 0 Å². The molecule has 3 aliphatic rings. The highest BCUT2D eigenvalue weighted by Gasteiger charge is 2.45. The number of cyclic esters (lactones) is 1. The second-order valence-corrected chi connectivity index (χ2v) is 6.30. The highest BCUT2D eigenvalue weighted by molar-refractivity contribution is 6.24. The summed E-state index contributed by atoms with van der Waals surface area (Å²) in [5.41, 5.74) is 2.03. The van der Waals surface area contributed by atoms with Crippen molar-refractivity contribution in [3.63, 3.8) is 0 Å². The highest BCUT2D eigenvalue weighted by atomic mass is 16.6. The zero-order valence-corrected chi connectivity index (χ0v) is 12.7. The van der Waals surface area contributed by atoms with Gasteiger partial charge in [0.05, 0.1) is 5.57 Å². The third-order valence-electron chi connectivity index (χ3n) is 5.01. The molecule has 2 aliphatic carbocycles. The zero-order valence-electron chi connectivity index (χ0n) is 12.7. The number of ether oxygens (including phenoxy) is 1. The van der Waals surface area contributed by atoms with E-state index < -0.39 is 18.0 Å². The van der Waals surface area contributed by atoms with Gasteiger partial charge in [-0.1, -0.05) is 35.9 Å². The average molecular weight is 311 g/mol. The normalized spacial score (nSPS) is 26.7. The number of hydrogen-bond donors (Lipinski definition) is 0. The molecule has 1 saturated carbocycles. The zero-order chi connectivity index (χ0) is 16.0. The summed E-state index contributed by atoms with van der Waals surface area (Å²) in [4.78, 5) is 38.4. The largest absolute Gasteiger partial charge is 0.446 e. The smallest absolute Gasteiger partial charge is 0.417 e. The molecule has 2 fully saturated rings. The first-order valence-electron chi connectivity index (χ1n) is 7.98. The summed E-state index contributed by atoms with van der Waals surface area (Å²) >= 11 is 0. The predicted octanol–water partition coefficient (Wildman–Crippen LogP) is 2.78. The van der Waals surface area contributed by atoms with E-state index in [4.69, 9.17) is 4.74 Å². The number of fused-ring (bicyclic) bond motifs is 1. The molecule has 2 atom stereocenters. The third-order valence-corrected chi connectivity index (χ3v) is 5.01. The van der Waals surface area contributed by atoms with Crippen LogP contribution in [0.1, 0.15) is 37.3 Å². The minimum Gasteiger partial charge on any atom is -0.446 e. The van der Waals surface area contributed by atoms with Gasteiger partial charge in [-0.05, 0) is 30.7 Å². The summed E-state index contributed by atoms with van der Waals surface area (Å²) in [6.45, 7) is 0.134. The number of carbonyl (C=O) groups is 3. The lowest BCUT2D eigenvalue weighted by atomic mass is 10.0. The van der Waals surface area contributed by atoms with Crippen LogP contribution in [0.4, 0.5) is 4.79 Å². The molecule has 1 saturated heterocycles. The predicted molar refractivity (Wildman–Crippen MR) is 81.4 cm³/mol. The Kier molecular flexibility index (Phi) is 3.29. The van der Waals surface area contributed by atoms with Crippen molar-refractivity contribution in [2.75, 3.05) is 6.61 Å². The van der Waals surface area contributed by atoms with Gasteiger partial charge in [0.25, 0.3) is 5.91 Å². The molecule has 118 valence electrons. The topological polar surface area (TPSA) is 63.7 Å². The van der Waals surface area contributed by atoms with Gasteiger partial charge in [-0.25, -0.2) is 9.69 Å². The Hall–Kier alpha value is -2.43. The fourth-order valence-corrected chi connectivity index (χ4v) is 3.92. The highest BCUT2D eigenvalue weighted by Crippen LogP contribution is 2.43. The Morgan fingerprint density at radius 3 is 2.74 bits per heavy atom. The van der Waals surface area contributed by atoms with E-state index in [9.17, 15) is 14.4 Å². The van der Waals surface area contributed by atoms with Gasteiger partial charge >= 0.3 is 6.09 Å². The number of rotatable bonds is 2. The molecule has 4 rings (SSSR count). The summed E-state index contributed by atoms with van der Waals surface area (Å²) in [5, 5.41) is 0.